The van der Waals surface area contributed by atoms with E-state index in [1.807, 2.05) is 0 Å². The van der Waals surface area contributed by atoms with Gasteiger partial charge in [-0.2, -0.15) is 0 Å². The highest BCUT2D eigenvalue weighted by molar-refractivity contribution is 7.91. The van der Waals surface area contributed by atoms with Gasteiger partial charge in [0, 0.05) is 6.42 Å². The Kier molecular flexibility index (Phi) is 4.32. The number of hydrogen-bond donors (Lipinski definition) is 0. The van der Waals surface area contributed by atoms with Crippen LogP contribution in [-0.2, 0) is 9.84 Å². The molecule has 0 saturated carbocycles. The molecule has 0 spiro atoms. The first-order valence-corrected chi connectivity index (χ1v) is 8.23. The molecule has 0 bridgehead atoms. The minimum Gasteiger partial charge on any atom is -0.496 e. The van der Waals surface area contributed by atoms with Crippen molar-refractivity contribution in [2.75, 3.05) is 25.7 Å². The number of carbonyl (C=O) groups excluding carboxylic acids is 1. The zero-order chi connectivity index (χ0) is 14.8. The topological polar surface area (TPSA) is 69.7 Å². The molecular weight excluding hydrogens is 280 g/mol. The Labute approximate surface area is 118 Å². The van der Waals surface area contributed by atoms with Gasteiger partial charge in [0.1, 0.15) is 17.1 Å². The van der Waals surface area contributed by atoms with Crippen molar-refractivity contribution >= 4 is 15.6 Å². The van der Waals surface area contributed by atoms with Gasteiger partial charge in [0.2, 0.25) is 0 Å². The van der Waals surface area contributed by atoms with Crippen LogP contribution in [0.3, 0.4) is 0 Å². The molecule has 1 saturated heterocycles. The summed E-state index contributed by atoms with van der Waals surface area (Å²) in [6, 6.07) is 5.14. The van der Waals surface area contributed by atoms with Crippen LogP contribution in [0.25, 0.3) is 0 Å². The van der Waals surface area contributed by atoms with E-state index in [4.69, 9.17) is 9.47 Å². The number of methoxy groups -OCH3 is 2. The number of Topliss-reactive ketones (excluding diaryl/α,β-unsaturated/α-hetero) is 1. The van der Waals surface area contributed by atoms with Gasteiger partial charge < -0.3 is 9.47 Å². The van der Waals surface area contributed by atoms with E-state index < -0.39 is 9.84 Å². The molecule has 0 aromatic heterocycles. The summed E-state index contributed by atoms with van der Waals surface area (Å²) in [5.74, 6) is 0.929. The molecule has 1 aliphatic rings. The predicted octanol–water partition coefficient (Wildman–Crippen LogP) is 1.71. The smallest absolute Gasteiger partial charge is 0.170 e. The van der Waals surface area contributed by atoms with Gasteiger partial charge in [0.15, 0.2) is 15.6 Å². The van der Waals surface area contributed by atoms with Crippen molar-refractivity contribution in [1.82, 2.24) is 0 Å². The van der Waals surface area contributed by atoms with Crippen LogP contribution in [0.15, 0.2) is 18.2 Å². The molecule has 110 valence electrons. The van der Waals surface area contributed by atoms with E-state index in [9.17, 15) is 13.2 Å². The lowest BCUT2D eigenvalue weighted by atomic mass is 9.96. The van der Waals surface area contributed by atoms with E-state index in [1.54, 1.807) is 18.2 Å². The Morgan fingerprint density at radius 1 is 1.25 bits per heavy atom. The monoisotopic (exact) mass is 298 g/mol. The molecule has 1 fully saturated rings. The molecule has 1 aliphatic heterocycles. The molecule has 1 aromatic rings. The van der Waals surface area contributed by atoms with E-state index in [1.165, 1.54) is 14.2 Å². The summed E-state index contributed by atoms with van der Waals surface area (Å²) < 4.78 is 33.3. The normalized spacial score (nSPS) is 20.6. The van der Waals surface area contributed by atoms with Crippen LogP contribution in [0, 0.1) is 5.92 Å². The van der Waals surface area contributed by atoms with E-state index in [0.717, 1.165) is 0 Å². The van der Waals surface area contributed by atoms with Crippen molar-refractivity contribution in [3.63, 3.8) is 0 Å². The molecule has 0 radical (unpaired) electrons. The van der Waals surface area contributed by atoms with Gasteiger partial charge in [-0.3, -0.25) is 4.79 Å². The first-order chi connectivity index (χ1) is 9.46. The highest BCUT2D eigenvalue weighted by atomic mass is 32.2. The van der Waals surface area contributed by atoms with Gasteiger partial charge in [-0.25, -0.2) is 8.42 Å². The van der Waals surface area contributed by atoms with Crippen LogP contribution in [-0.4, -0.2) is 39.9 Å². The molecule has 1 aromatic carbocycles. The van der Waals surface area contributed by atoms with Crippen LogP contribution >= 0.6 is 0 Å². The molecule has 1 heterocycles. The summed E-state index contributed by atoms with van der Waals surface area (Å²) in [5.41, 5.74) is 0.391. The minimum absolute atomic E-state index is 0.0935. The summed E-state index contributed by atoms with van der Waals surface area (Å²) in [5, 5.41) is 0. The fraction of sp³-hybridized carbons (Fsp3) is 0.500. The van der Waals surface area contributed by atoms with Crippen LogP contribution in [0.1, 0.15) is 23.2 Å². The first-order valence-electron chi connectivity index (χ1n) is 6.41. The molecule has 0 aliphatic carbocycles. The lowest BCUT2D eigenvalue weighted by Gasteiger charge is -2.13. The zero-order valence-electron chi connectivity index (χ0n) is 11.6. The number of hydrogen-bond acceptors (Lipinski definition) is 5. The third kappa shape index (κ3) is 3.12. The van der Waals surface area contributed by atoms with Crippen molar-refractivity contribution in [3.05, 3.63) is 23.8 Å². The van der Waals surface area contributed by atoms with Gasteiger partial charge in [0.25, 0.3) is 0 Å². The lowest BCUT2D eigenvalue weighted by Crippen LogP contribution is -2.12. The van der Waals surface area contributed by atoms with Crippen LogP contribution in [0.4, 0.5) is 0 Å². The average molecular weight is 298 g/mol. The maximum Gasteiger partial charge on any atom is 0.170 e. The molecule has 0 N–H and O–H groups in total. The van der Waals surface area contributed by atoms with Crippen molar-refractivity contribution in [1.29, 1.82) is 0 Å². The number of ether oxygens (including phenoxy) is 2. The Morgan fingerprint density at radius 2 is 1.85 bits per heavy atom. The molecule has 1 atom stereocenters. The summed E-state index contributed by atoms with van der Waals surface area (Å²) >= 11 is 0. The second-order valence-electron chi connectivity index (χ2n) is 4.93. The second kappa shape index (κ2) is 5.83. The summed E-state index contributed by atoms with van der Waals surface area (Å²) in [4.78, 5) is 12.4. The first kappa shape index (κ1) is 14.8. The average Bonchev–Trinajstić information content (AvgIpc) is 2.76. The molecule has 0 amide bonds. The number of carbonyl (C=O) groups is 1. The Hall–Kier alpha value is -1.56. The van der Waals surface area contributed by atoms with Gasteiger partial charge in [-0.05, 0) is 24.5 Å². The van der Waals surface area contributed by atoms with Crippen molar-refractivity contribution < 1.29 is 22.7 Å². The quantitative estimate of drug-likeness (QED) is 0.774. The van der Waals surface area contributed by atoms with Crippen molar-refractivity contribution in [2.45, 2.75) is 12.8 Å². The second-order valence-corrected chi connectivity index (χ2v) is 7.16. The van der Waals surface area contributed by atoms with E-state index in [0.29, 0.717) is 23.5 Å². The van der Waals surface area contributed by atoms with Crippen LogP contribution in [0.5, 0.6) is 11.5 Å². The largest absolute Gasteiger partial charge is 0.496 e. The molecule has 6 heteroatoms. The van der Waals surface area contributed by atoms with Crippen molar-refractivity contribution in [3.8, 4) is 11.5 Å². The van der Waals surface area contributed by atoms with Crippen LogP contribution in [0.2, 0.25) is 0 Å². The Bertz CT molecular complexity index is 584. The van der Waals surface area contributed by atoms with Gasteiger partial charge >= 0.3 is 0 Å². The number of rotatable bonds is 5. The van der Waals surface area contributed by atoms with E-state index in [-0.39, 0.29) is 29.6 Å². The standard InChI is InChI=1S/C14H18O5S/c1-18-12-4-3-5-13(19-2)14(12)11(15)8-10-6-7-20(16,17)9-10/h3-5,10H,6-9H2,1-2H3. The summed E-state index contributed by atoms with van der Waals surface area (Å²) in [7, 11) is 0.0139. The predicted molar refractivity (Wildman–Crippen MR) is 75.3 cm³/mol. The van der Waals surface area contributed by atoms with E-state index in [2.05, 4.69) is 0 Å². The fourth-order valence-corrected chi connectivity index (χ4v) is 4.39. The molecule has 2 rings (SSSR count). The molecule has 5 nitrogen and oxygen atoms in total. The zero-order valence-corrected chi connectivity index (χ0v) is 12.4. The Morgan fingerprint density at radius 3 is 2.30 bits per heavy atom. The number of benzene rings is 1. The summed E-state index contributed by atoms with van der Waals surface area (Å²) in [6.07, 6.45) is 0.751. The lowest BCUT2D eigenvalue weighted by molar-refractivity contribution is 0.0959. The van der Waals surface area contributed by atoms with Crippen LogP contribution < -0.4 is 9.47 Å². The van der Waals surface area contributed by atoms with Gasteiger partial charge in [0.05, 0.1) is 25.7 Å². The maximum absolute atomic E-state index is 12.4. The number of sulfone groups is 1. The molecule has 20 heavy (non-hydrogen) atoms. The highest BCUT2D eigenvalue weighted by Crippen LogP contribution is 2.32. The third-order valence-electron chi connectivity index (χ3n) is 3.51. The third-order valence-corrected chi connectivity index (χ3v) is 5.34. The van der Waals surface area contributed by atoms with Gasteiger partial charge in [-0.15, -0.1) is 0 Å². The van der Waals surface area contributed by atoms with E-state index >= 15 is 0 Å². The molecular formula is C14H18O5S. The molecule has 1 unspecified atom stereocenters. The highest BCUT2D eigenvalue weighted by Gasteiger charge is 2.31. The van der Waals surface area contributed by atoms with Crippen molar-refractivity contribution in [2.24, 2.45) is 5.92 Å². The fourth-order valence-electron chi connectivity index (χ4n) is 2.52. The Balaban J connectivity index is 2.21. The minimum atomic E-state index is -2.97. The summed E-state index contributed by atoms with van der Waals surface area (Å²) in [6.45, 7) is 0. The number of ketones is 1. The van der Waals surface area contributed by atoms with Gasteiger partial charge in [-0.1, -0.05) is 6.07 Å². The SMILES string of the molecule is COc1cccc(OC)c1C(=O)CC1CCS(=O)(=O)C1. The maximum atomic E-state index is 12.4.